The zero-order chi connectivity index (χ0) is 26.0. The summed E-state index contributed by atoms with van der Waals surface area (Å²) in [5.41, 5.74) is 4.33. The molecule has 0 unspecified atom stereocenters. The Morgan fingerprint density at radius 2 is 1.78 bits per heavy atom. The second kappa shape index (κ2) is 10.8. The Balaban J connectivity index is 1.74. The van der Waals surface area contributed by atoms with Gasteiger partial charge in [0.25, 0.3) is 0 Å². The van der Waals surface area contributed by atoms with Gasteiger partial charge in [-0.15, -0.1) is 0 Å². The van der Waals surface area contributed by atoms with Gasteiger partial charge in [0.05, 0.1) is 17.7 Å². The molecule has 0 atom stereocenters. The van der Waals surface area contributed by atoms with Gasteiger partial charge in [-0.2, -0.15) is 0 Å². The molecule has 1 saturated carbocycles. The van der Waals surface area contributed by atoms with Crippen LogP contribution in [0.5, 0.6) is 5.75 Å². The van der Waals surface area contributed by atoms with E-state index in [9.17, 15) is 18.7 Å². The minimum absolute atomic E-state index is 0.0297. The number of alkyl halides is 2. The first-order valence-electron chi connectivity index (χ1n) is 13.5. The number of rotatable bonds is 8. The van der Waals surface area contributed by atoms with Crippen molar-refractivity contribution < 1.29 is 28.2 Å². The molecule has 1 N–H and O–H groups in total. The highest BCUT2D eigenvalue weighted by Gasteiger charge is 2.38. The molecule has 1 aromatic heterocycles. The first-order valence-corrected chi connectivity index (χ1v) is 13.5. The second-order valence-corrected chi connectivity index (χ2v) is 10.3. The molecule has 3 aromatic rings. The fourth-order valence-electron chi connectivity index (χ4n) is 5.92. The number of unbranched alkanes of at least 4 members (excludes halogenated alkanes) is 1. The summed E-state index contributed by atoms with van der Waals surface area (Å²) in [5, 5.41) is 10.4. The van der Waals surface area contributed by atoms with Crippen LogP contribution in [-0.2, 0) is 4.74 Å². The molecule has 5 rings (SSSR count). The fraction of sp³-hybridized carbons (Fsp3) is 0.500. The molecule has 37 heavy (non-hydrogen) atoms. The quantitative estimate of drug-likeness (QED) is 0.313. The van der Waals surface area contributed by atoms with Crippen molar-refractivity contribution in [1.29, 1.82) is 0 Å². The molecule has 2 aliphatic rings. The van der Waals surface area contributed by atoms with Gasteiger partial charge in [-0.05, 0) is 61.9 Å². The van der Waals surface area contributed by atoms with Gasteiger partial charge < -0.3 is 19.1 Å². The van der Waals surface area contributed by atoms with Crippen LogP contribution in [0.2, 0.25) is 0 Å². The van der Waals surface area contributed by atoms with E-state index >= 15 is 0 Å². The highest BCUT2D eigenvalue weighted by Crippen LogP contribution is 2.49. The number of carboxylic acids is 1. The van der Waals surface area contributed by atoms with Crippen molar-refractivity contribution in [3.05, 3.63) is 53.7 Å². The van der Waals surface area contributed by atoms with E-state index in [2.05, 4.69) is 17.6 Å². The third-order valence-corrected chi connectivity index (χ3v) is 7.87. The summed E-state index contributed by atoms with van der Waals surface area (Å²) >= 11 is 0. The van der Waals surface area contributed by atoms with Crippen LogP contribution in [0.4, 0.5) is 8.78 Å². The minimum Gasteiger partial charge on any atom is -0.493 e. The third-order valence-electron chi connectivity index (χ3n) is 7.87. The van der Waals surface area contributed by atoms with Crippen LogP contribution in [-0.4, -0.2) is 41.4 Å². The molecule has 0 amide bonds. The number of hydrogen-bond acceptors (Lipinski definition) is 3. The first-order chi connectivity index (χ1) is 17.9. The summed E-state index contributed by atoms with van der Waals surface area (Å²) in [6, 6.07) is 13.0. The largest absolute Gasteiger partial charge is 0.493 e. The van der Waals surface area contributed by atoms with Crippen molar-refractivity contribution in [3.8, 4) is 16.9 Å². The molecule has 2 aromatic carbocycles. The van der Waals surface area contributed by atoms with Crippen LogP contribution in [0.15, 0.2) is 42.5 Å². The number of nitrogens with zero attached hydrogens (tertiary/aromatic N) is 1. The third kappa shape index (κ3) is 5.24. The predicted molar refractivity (Wildman–Crippen MR) is 140 cm³/mol. The molecule has 2 heterocycles. The molecule has 0 spiro atoms. The lowest BCUT2D eigenvalue weighted by Crippen LogP contribution is -2.28. The van der Waals surface area contributed by atoms with E-state index in [-0.39, 0.29) is 30.4 Å². The predicted octanol–water partition coefficient (Wildman–Crippen LogP) is 7.83. The Kier molecular flexibility index (Phi) is 7.52. The molecule has 1 aliphatic heterocycles. The maximum Gasteiger partial charge on any atom is 0.335 e. The van der Waals surface area contributed by atoms with E-state index in [1.165, 1.54) is 0 Å². The number of carboxylic acid groups (broad SMARTS) is 1. The van der Waals surface area contributed by atoms with Gasteiger partial charge in [0, 0.05) is 54.7 Å². The first kappa shape index (κ1) is 25.7. The molecule has 198 valence electrons. The van der Waals surface area contributed by atoms with Crippen LogP contribution in [0.3, 0.4) is 0 Å². The number of aromatic carboxylic acids is 1. The normalized spacial score (nSPS) is 18.8. The van der Waals surface area contributed by atoms with Gasteiger partial charge in [-0.3, -0.25) is 0 Å². The van der Waals surface area contributed by atoms with Crippen LogP contribution in [0.1, 0.15) is 86.3 Å². The highest BCUT2D eigenvalue weighted by atomic mass is 19.3. The van der Waals surface area contributed by atoms with Gasteiger partial charge in [-0.25, -0.2) is 13.6 Å². The lowest BCUT2D eigenvalue weighted by Gasteiger charge is -2.33. The highest BCUT2D eigenvalue weighted by molar-refractivity contribution is 6.03. The Morgan fingerprint density at radius 3 is 2.43 bits per heavy atom. The Morgan fingerprint density at radius 1 is 1.08 bits per heavy atom. The number of hydrogen-bond donors (Lipinski definition) is 1. The maximum absolute atomic E-state index is 14.2. The number of aromatic nitrogens is 1. The van der Waals surface area contributed by atoms with E-state index in [4.69, 9.17) is 9.47 Å². The van der Waals surface area contributed by atoms with Crippen LogP contribution < -0.4 is 4.74 Å². The van der Waals surface area contributed by atoms with Crippen molar-refractivity contribution in [2.45, 2.75) is 76.2 Å². The number of carbonyl (C=O) groups is 1. The Bertz CT molecular complexity index is 1230. The molecule has 2 fully saturated rings. The molecule has 5 nitrogen and oxygen atoms in total. The van der Waals surface area contributed by atoms with E-state index in [1.54, 1.807) is 12.1 Å². The monoisotopic (exact) mass is 511 g/mol. The molecular weight excluding hydrogens is 476 g/mol. The van der Waals surface area contributed by atoms with Crippen molar-refractivity contribution in [2.24, 2.45) is 0 Å². The Labute approximate surface area is 216 Å². The maximum atomic E-state index is 14.2. The van der Waals surface area contributed by atoms with Gasteiger partial charge in [-0.1, -0.05) is 31.5 Å². The standard InChI is InChI=1S/C30H35F2NO4/c1-2-3-17-37-25-6-4-5-24-27(25)26(20-7-9-22(10-8-20)29(34)35)28(21-13-18-36-19-14-21)33(24)23-11-15-30(31,32)16-12-23/h4-10,21,23H,2-3,11-19H2,1H3,(H,34,35). The summed E-state index contributed by atoms with van der Waals surface area (Å²) < 4.78 is 42.7. The van der Waals surface area contributed by atoms with Crippen molar-refractivity contribution in [1.82, 2.24) is 4.57 Å². The SMILES string of the molecule is CCCCOc1cccc2c1c(-c1ccc(C(=O)O)cc1)c(C1CCOCC1)n2C1CCC(F)(F)CC1. The summed E-state index contributed by atoms with van der Waals surface area (Å²) in [6.07, 6.45) is 4.28. The van der Waals surface area contributed by atoms with Gasteiger partial charge in [0.15, 0.2) is 0 Å². The van der Waals surface area contributed by atoms with Crippen LogP contribution in [0.25, 0.3) is 22.0 Å². The average Bonchev–Trinajstić information content (AvgIpc) is 3.25. The van der Waals surface area contributed by atoms with Crippen LogP contribution >= 0.6 is 0 Å². The van der Waals surface area contributed by atoms with E-state index in [0.717, 1.165) is 59.2 Å². The summed E-state index contributed by atoms with van der Waals surface area (Å²) in [6.45, 7) is 4.04. The van der Waals surface area contributed by atoms with Gasteiger partial charge >= 0.3 is 5.97 Å². The number of fused-ring (bicyclic) bond motifs is 1. The van der Waals surface area contributed by atoms with Gasteiger partial charge in [0.2, 0.25) is 5.92 Å². The lowest BCUT2D eigenvalue weighted by molar-refractivity contribution is -0.0439. The average molecular weight is 512 g/mol. The zero-order valence-corrected chi connectivity index (χ0v) is 21.3. The minimum atomic E-state index is -2.61. The Hall–Kier alpha value is -2.93. The molecule has 7 heteroatoms. The molecule has 0 bridgehead atoms. The lowest BCUT2D eigenvalue weighted by atomic mass is 9.88. The van der Waals surface area contributed by atoms with Crippen molar-refractivity contribution >= 4 is 16.9 Å². The van der Waals surface area contributed by atoms with Gasteiger partial charge in [0.1, 0.15) is 5.75 Å². The zero-order valence-electron chi connectivity index (χ0n) is 21.3. The number of benzene rings is 2. The molecular formula is C30H35F2NO4. The number of halogens is 2. The van der Waals surface area contributed by atoms with E-state index in [0.29, 0.717) is 32.7 Å². The smallest absolute Gasteiger partial charge is 0.335 e. The fourth-order valence-corrected chi connectivity index (χ4v) is 5.92. The van der Waals surface area contributed by atoms with Crippen LogP contribution in [0, 0.1) is 0 Å². The van der Waals surface area contributed by atoms with E-state index in [1.807, 2.05) is 24.3 Å². The molecule has 1 saturated heterocycles. The van der Waals surface area contributed by atoms with Crippen molar-refractivity contribution in [3.63, 3.8) is 0 Å². The topological polar surface area (TPSA) is 60.7 Å². The number of ether oxygens (including phenoxy) is 2. The summed E-state index contributed by atoms with van der Waals surface area (Å²) in [5.74, 6) is -2.58. The van der Waals surface area contributed by atoms with E-state index < -0.39 is 11.9 Å². The molecule has 1 aliphatic carbocycles. The summed E-state index contributed by atoms with van der Waals surface area (Å²) in [4.78, 5) is 11.5. The summed E-state index contributed by atoms with van der Waals surface area (Å²) in [7, 11) is 0. The second-order valence-electron chi connectivity index (χ2n) is 10.3. The van der Waals surface area contributed by atoms with Crippen molar-refractivity contribution in [2.75, 3.05) is 19.8 Å². The molecule has 0 radical (unpaired) electrons.